The molecule has 1 atom stereocenters. The van der Waals surface area contributed by atoms with E-state index >= 15 is 0 Å². The first-order valence-electron chi connectivity index (χ1n) is 10.2. The minimum absolute atomic E-state index is 0.0426. The first-order valence-corrected chi connectivity index (χ1v) is 10.2. The molecule has 0 bridgehead atoms. The minimum Gasteiger partial charge on any atom is -0.487 e. The molecular weight excluding hydrogens is 358 g/mol. The lowest BCUT2D eigenvalue weighted by Gasteiger charge is -2.31. The Kier molecular flexibility index (Phi) is 7.39. The van der Waals surface area contributed by atoms with E-state index in [9.17, 15) is 0 Å². The molecule has 4 heteroatoms. The molecule has 2 aromatic carbocycles. The van der Waals surface area contributed by atoms with Gasteiger partial charge in [0.05, 0.1) is 5.69 Å². The average molecular weight is 390 g/mol. The summed E-state index contributed by atoms with van der Waals surface area (Å²) in [5.41, 5.74) is 3.33. The lowest BCUT2D eigenvalue weighted by atomic mass is 10.0. The van der Waals surface area contributed by atoms with E-state index in [1.165, 1.54) is 5.56 Å². The Morgan fingerprint density at radius 1 is 0.931 bits per heavy atom. The maximum Gasteiger partial charge on any atom is 0.130 e. The van der Waals surface area contributed by atoms with Gasteiger partial charge in [0.25, 0.3) is 0 Å². The molecule has 29 heavy (non-hydrogen) atoms. The van der Waals surface area contributed by atoms with E-state index in [1.807, 2.05) is 36.4 Å². The van der Waals surface area contributed by atoms with Gasteiger partial charge in [-0.1, -0.05) is 54.6 Å². The summed E-state index contributed by atoms with van der Waals surface area (Å²) in [7, 11) is 0. The van der Waals surface area contributed by atoms with Crippen LogP contribution in [0.25, 0.3) is 0 Å². The first kappa shape index (κ1) is 21.0. The minimum atomic E-state index is -0.0426. The lowest BCUT2D eigenvalue weighted by Crippen LogP contribution is -2.48. The van der Waals surface area contributed by atoms with Gasteiger partial charge in [-0.25, -0.2) is 0 Å². The van der Waals surface area contributed by atoms with Gasteiger partial charge in [-0.2, -0.15) is 0 Å². The van der Waals surface area contributed by atoms with Gasteiger partial charge in [0, 0.05) is 36.4 Å². The molecule has 0 aliphatic rings. The van der Waals surface area contributed by atoms with Crippen molar-refractivity contribution in [3.8, 4) is 5.75 Å². The smallest absolute Gasteiger partial charge is 0.130 e. The highest BCUT2D eigenvalue weighted by Crippen LogP contribution is 2.20. The molecule has 3 rings (SSSR count). The SMILES string of the molecule is CC(NC(C)(C)CNCc1ccccc1OCc1ccccn1)c1ccccc1. The second kappa shape index (κ2) is 10.2. The second-order valence-electron chi connectivity index (χ2n) is 7.98. The van der Waals surface area contributed by atoms with Gasteiger partial charge >= 0.3 is 0 Å². The second-order valence-corrected chi connectivity index (χ2v) is 7.98. The van der Waals surface area contributed by atoms with Crippen molar-refractivity contribution in [3.63, 3.8) is 0 Å². The summed E-state index contributed by atoms with van der Waals surface area (Å²) in [5.74, 6) is 0.897. The highest BCUT2D eigenvalue weighted by molar-refractivity contribution is 5.33. The molecule has 0 amide bonds. The van der Waals surface area contributed by atoms with E-state index < -0.39 is 0 Å². The fourth-order valence-corrected chi connectivity index (χ4v) is 3.40. The third-order valence-corrected chi connectivity index (χ3v) is 4.86. The van der Waals surface area contributed by atoms with E-state index in [2.05, 4.69) is 72.8 Å². The standard InChI is InChI=1S/C25H31N3O/c1-20(21-11-5-4-6-12-21)28-25(2,3)19-26-17-22-13-7-8-15-24(22)29-18-23-14-9-10-16-27-23/h4-16,20,26,28H,17-19H2,1-3H3. The van der Waals surface area contributed by atoms with Crippen molar-refractivity contribution in [3.05, 3.63) is 95.8 Å². The maximum absolute atomic E-state index is 6.01. The number of benzene rings is 2. The molecule has 0 aliphatic heterocycles. The van der Waals surface area contributed by atoms with Gasteiger partial charge < -0.3 is 15.4 Å². The Balaban J connectivity index is 1.52. The molecule has 152 valence electrons. The van der Waals surface area contributed by atoms with Crippen LogP contribution in [0.3, 0.4) is 0 Å². The summed E-state index contributed by atoms with van der Waals surface area (Å²) in [6.07, 6.45) is 1.79. The molecule has 2 N–H and O–H groups in total. The predicted octanol–water partition coefficient (Wildman–Crippen LogP) is 4.88. The Bertz CT molecular complexity index is 866. The average Bonchev–Trinajstić information content (AvgIpc) is 2.74. The summed E-state index contributed by atoms with van der Waals surface area (Å²) in [6.45, 7) is 8.73. The number of hydrogen-bond donors (Lipinski definition) is 2. The summed E-state index contributed by atoms with van der Waals surface area (Å²) >= 11 is 0. The summed E-state index contributed by atoms with van der Waals surface area (Å²) in [5, 5.41) is 7.30. The van der Waals surface area contributed by atoms with Gasteiger partial charge in [-0.15, -0.1) is 0 Å². The molecule has 1 heterocycles. The number of rotatable bonds is 10. The van der Waals surface area contributed by atoms with E-state index in [0.29, 0.717) is 12.6 Å². The van der Waals surface area contributed by atoms with Crippen LogP contribution in [0.1, 0.15) is 43.6 Å². The fourth-order valence-electron chi connectivity index (χ4n) is 3.40. The van der Waals surface area contributed by atoms with E-state index in [4.69, 9.17) is 4.74 Å². The van der Waals surface area contributed by atoms with Gasteiger partial charge in [0.1, 0.15) is 12.4 Å². The molecule has 0 radical (unpaired) electrons. The zero-order chi connectivity index (χ0) is 20.5. The van der Waals surface area contributed by atoms with Crippen molar-refractivity contribution in [2.24, 2.45) is 0 Å². The van der Waals surface area contributed by atoms with Crippen molar-refractivity contribution in [1.82, 2.24) is 15.6 Å². The third-order valence-electron chi connectivity index (χ3n) is 4.86. The largest absolute Gasteiger partial charge is 0.487 e. The van der Waals surface area contributed by atoms with Crippen molar-refractivity contribution < 1.29 is 4.74 Å². The molecule has 0 fully saturated rings. The van der Waals surface area contributed by atoms with Gasteiger partial charge in [0.2, 0.25) is 0 Å². The number of hydrogen-bond acceptors (Lipinski definition) is 4. The molecule has 0 saturated carbocycles. The van der Waals surface area contributed by atoms with Gasteiger partial charge in [-0.3, -0.25) is 4.98 Å². The van der Waals surface area contributed by atoms with Crippen LogP contribution in [0.4, 0.5) is 0 Å². The van der Waals surface area contributed by atoms with E-state index in [-0.39, 0.29) is 5.54 Å². The molecule has 0 saturated heterocycles. The molecule has 4 nitrogen and oxygen atoms in total. The van der Waals surface area contributed by atoms with Crippen molar-refractivity contribution in [2.45, 2.75) is 45.5 Å². The lowest BCUT2D eigenvalue weighted by molar-refractivity contribution is 0.295. The molecule has 3 aromatic rings. The van der Waals surface area contributed by atoms with E-state index in [1.54, 1.807) is 6.20 Å². The number of aromatic nitrogens is 1. The Hall–Kier alpha value is -2.69. The maximum atomic E-state index is 6.01. The Labute approximate surface area is 174 Å². The van der Waals surface area contributed by atoms with Crippen molar-refractivity contribution in [2.75, 3.05) is 6.54 Å². The molecule has 1 aromatic heterocycles. The summed E-state index contributed by atoms with van der Waals surface area (Å²) in [6, 6.07) is 24.9. The highest BCUT2D eigenvalue weighted by Gasteiger charge is 2.20. The number of pyridine rings is 1. The fraction of sp³-hybridized carbons (Fsp3) is 0.320. The molecule has 0 spiro atoms. The Morgan fingerprint density at radius 2 is 1.66 bits per heavy atom. The monoisotopic (exact) mass is 389 g/mol. The molecule has 1 unspecified atom stereocenters. The topological polar surface area (TPSA) is 46.2 Å². The quantitative estimate of drug-likeness (QED) is 0.519. The Morgan fingerprint density at radius 3 is 2.41 bits per heavy atom. The van der Waals surface area contributed by atoms with Gasteiger partial charge in [0.15, 0.2) is 0 Å². The van der Waals surface area contributed by atoms with Crippen LogP contribution in [0.15, 0.2) is 79.0 Å². The number of nitrogens with one attached hydrogen (secondary N) is 2. The van der Waals surface area contributed by atoms with Crippen LogP contribution in [-0.2, 0) is 13.2 Å². The summed E-state index contributed by atoms with van der Waals surface area (Å²) in [4.78, 5) is 4.32. The van der Waals surface area contributed by atoms with Crippen LogP contribution in [0.5, 0.6) is 5.75 Å². The van der Waals surface area contributed by atoms with E-state index in [0.717, 1.165) is 30.1 Å². The highest BCUT2D eigenvalue weighted by atomic mass is 16.5. The third kappa shape index (κ3) is 6.70. The molecule has 0 aliphatic carbocycles. The normalized spacial score (nSPS) is 12.5. The predicted molar refractivity (Wildman–Crippen MR) is 119 cm³/mol. The van der Waals surface area contributed by atoms with Crippen LogP contribution in [0, 0.1) is 0 Å². The number of nitrogens with zero attached hydrogens (tertiary/aromatic N) is 1. The summed E-state index contributed by atoms with van der Waals surface area (Å²) < 4.78 is 6.01. The first-order chi connectivity index (χ1) is 14.0. The van der Waals surface area contributed by atoms with Crippen LogP contribution >= 0.6 is 0 Å². The van der Waals surface area contributed by atoms with Crippen LogP contribution in [-0.4, -0.2) is 17.1 Å². The van der Waals surface area contributed by atoms with Gasteiger partial charge in [-0.05, 0) is 44.5 Å². The van der Waals surface area contributed by atoms with Crippen molar-refractivity contribution >= 4 is 0 Å². The van der Waals surface area contributed by atoms with Crippen LogP contribution in [0.2, 0.25) is 0 Å². The number of ether oxygens (including phenoxy) is 1. The van der Waals surface area contributed by atoms with Crippen LogP contribution < -0.4 is 15.4 Å². The van der Waals surface area contributed by atoms with Crippen molar-refractivity contribution in [1.29, 1.82) is 0 Å². The number of para-hydroxylation sites is 1. The zero-order valence-electron chi connectivity index (χ0n) is 17.6. The zero-order valence-corrected chi connectivity index (χ0v) is 17.6. The molecular formula is C25H31N3O.